The molecule has 3 heteroatoms. The van der Waals surface area contributed by atoms with E-state index in [-0.39, 0.29) is 0 Å². The lowest BCUT2D eigenvalue weighted by Gasteiger charge is -2.29. The maximum absolute atomic E-state index is 3.54. The molecule has 0 aliphatic carbocycles. The predicted octanol–water partition coefficient (Wildman–Crippen LogP) is 2.37. The van der Waals surface area contributed by atoms with E-state index in [4.69, 9.17) is 0 Å². The van der Waals surface area contributed by atoms with E-state index in [0.29, 0.717) is 0 Å². The van der Waals surface area contributed by atoms with Gasteiger partial charge in [-0.15, -0.1) is 0 Å². The summed E-state index contributed by atoms with van der Waals surface area (Å²) in [4.78, 5) is 4.79. The third-order valence-corrected chi connectivity index (χ3v) is 3.62. The Hall–Kier alpha value is -0.380. The topological polar surface area (TPSA) is 6.48 Å². The summed E-state index contributed by atoms with van der Waals surface area (Å²) in [7, 11) is 4.27. The quantitative estimate of drug-likeness (QED) is 0.840. The van der Waals surface area contributed by atoms with Crippen LogP contribution in [0, 0.1) is 0 Å². The number of rotatable bonds is 3. The minimum Gasteiger partial charge on any atom is -0.308 e. The molecule has 2 nitrogen and oxygen atoms in total. The molecule has 0 spiro atoms. The molecule has 1 aliphatic heterocycles. The molecule has 88 valence electrons. The van der Waals surface area contributed by atoms with Crippen LogP contribution in [0.3, 0.4) is 0 Å². The molecule has 16 heavy (non-hydrogen) atoms. The first-order valence-electron chi connectivity index (χ1n) is 5.79. The molecule has 0 saturated heterocycles. The first kappa shape index (κ1) is 12.1. The number of hydrogen-bond donors (Lipinski definition) is 0. The van der Waals surface area contributed by atoms with E-state index in [1.807, 2.05) is 0 Å². The van der Waals surface area contributed by atoms with Gasteiger partial charge in [-0.1, -0.05) is 22.0 Å². The van der Waals surface area contributed by atoms with Crippen LogP contribution >= 0.6 is 15.9 Å². The number of halogens is 1. The van der Waals surface area contributed by atoms with Gasteiger partial charge in [-0.3, -0.25) is 4.90 Å². The Morgan fingerprint density at radius 2 is 2.12 bits per heavy atom. The van der Waals surface area contributed by atoms with Gasteiger partial charge in [-0.25, -0.2) is 0 Å². The second-order valence-electron chi connectivity index (χ2n) is 4.74. The van der Waals surface area contributed by atoms with Crippen molar-refractivity contribution >= 4 is 15.9 Å². The van der Waals surface area contributed by atoms with Crippen molar-refractivity contribution in [3.8, 4) is 0 Å². The maximum Gasteiger partial charge on any atom is 0.0237 e. The van der Waals surface area contributed by atoms with Gasteiger partial charge in [0, 0.05) is 30.7 Å². The minimum atomic E-state index is 1.11. The predicted molar refractivity (Wildman–Crippen MR) is 71.7 cm³/mol. The smallest absolute Gasteiger partial charge is 0.0237 e. The van der Waals surface area contributed by atoms with Crippen LogP contribution < -0.4 is 0 Å². The minimum absolute atomic E-state index is 1.11. The molecule has 0 bridgehead atoms. The van der Waals surface area contributed by atoms with E-state index < -0.39 is 0 Å². The maximum atomic E-state index is 3.54. The Bertz CT molecular complexity index is 363. The summed E-state index contributed by atoms with van der Waals surface area (Å²) in [5, 5.41) is 0. The number of benzene rings is 1. The van der Waals surface area contributed by atoms with Crippen LogP contribution in [0.5, 0.6) is 0 Å². The molecule has 0 amide bonds. The summed E-state index contributed by atoms with van der Waals surface area (Å²) in [5.74, 6) is 0. The standard InChI is InChI=1S/C13H19BrN2/c1-15(2)7-8-16-6-5-11-9-13(14)4-3-12(11)10-16/h3-4,9H,5-8,10H2,1-2H3. The summed E-state index contributed by atoms with van der Waals surface area (Å²) >= 11 is 3.54. The molecule has 0 aromatic heterocycles. The normalized spacial score (nSPS) is 16.5. The van der Waals surface area contributed by atoms with Crippen LogP contribution in [0.1, 0.15) is 11.1 Å². The van der Waals surface area contributed by atoms with Gasteiger partial charge in [0.25, 0.3) is 0 Å². The number of fused-ring (bicyclic) bond motifs is 1. The molecule has 1 aromatic rings. The Balaban J connectivity index is 1.98. The second-order valence-corrected chi connectivity index (χ2v) is 5.66. The molecule has 0 saturated carbocycles. The molecule has 1 aliphatic rings. The number of likely N-dealkylation sites (N-methyl/N-ethyl adjacent to an activating group) is 1. The highest BCUT2D eigenvalue weighted by atomic mass is 79.9. The Labute approximate surface area is 106 Å². The van der Waals surface area contributed by atoms with Crippen LogP contribution in [0.25, 0.3) is 0 Å². The molecule has 0 unspecified atom stereocenters. The molecule has 1 heterocycles. The van der Waals surface area contributed by atoms with Crippen molar-refractivity contribution in [2.75, 3.05) is 33.7 Å². The van der Waals surface area contributed by atoms with Crippen molar-refractivity contribution in [2.45, 2.75) is 13.0 Å². The van der Waals surface area contributed by atoms with Gasteiger partial charge < -0.3 is 4.90 Å². The highest BCUT2D eigenvalue weighted by Crippen LogP contribution is 2.22. The van der Waals surface area contributed by atoms with E-state index in [9.17, 15) is 0 Å². The zero-order chi connectivity index (χ0) is 11.5. The third-order valence-electron chi connectivity index (χ3n) is 3.12. The van der Waals surface area contributed by atoms with Gasteiger partial charge >= 0.3 is 0 Å². The molecule has 0 fully saturated rings. The van der Waals surface area contributed by atoms with Crippen molar-refractivity contribution < 1.29 is 0 Å². The Morgan fingerprint density at radius 3 is 2.88 bits per heavy atom. The van der Waals surface area contributed by atoms with E-state index >= 15 is 0 Å². The fraction of sp³-hybridized carbons (Fsp3) is 0.538. The van der Waals surface area contributed by atoms with Crippen molar-refractivity contribution in [2.24, 2.45) is 0 Å². The molecule has 0 atom stereocenters. The number of nitrogens with zero attached hydrogens (tertiary/aromatic N) is 2. The fourth-order valence-corrected chi connectivity index (χ4v) is 2.52. The molecule has 0 N–H and O–H groups in total. The third kappa shape index (κ3) is 3.06. The summed E-state index contributed by atoms with van der Waals surface area (Å²) < 4.78 is 1.20. The highest BCUT2D eigenvalue weighted by molar-refractivity contribution is 9.10. The van der Waals surface area contributed by atoms with E-state index in [2.05, 4.69) is 58.0 Å². The molecular weight excluding hydrogens is 264 g/mol. The van der Waals surface area contributed by atoms with Gasteiger partial charge in [0.05, 0.1) is 0 Å². The van der Waals surface area contributed by atoms with Gasteiger partial charge in [0.15, 0.2) is 0 Å². The van der Waals surface area contributed by atoms with E-state index in [0.717, 1.165) is 13.1 Å². The lowest BCUT2D eigenvalue weighted by Crippen LogP contribution is -2.35. The first-order chi connectivity index (χ1) is 7.65. The SMILES string of the molecule is CN(C)CCN1CCc2cc(Br)ccc2C1. The van der Waals surface area contributed by atoms with E-state index in [1.54, 1.807) is 0 Å². The lowest BCUT2D eigenvalue weighted by atomic mass is 10.00. The number of hydrogen-bond acceptors (Lipinski definition) is 2. The fourth-order valence-electron chi connectivity index (χ4n) is 2.11. The van der Waals surface area contributed by atoms with Crippen LogP contribution in [0.2, 0.25) is 0 Å². The van der Waals surface area contributed by atoms with Crippen molar-refractivity contribution in [3.63, 3.8) is 0 Å². The van der Waals surface area contributed by atoms with Gasteiger partial charge in [0.2, 0.25) is 0 Å². The average molecular weight is 283 g/mol. The molecule has 1 aromatic carbocycles. The van der Waals surface area contributed by atoms with Crippen LogP contribution in [-0.4, -0.2) is 43.5 Å². The average Bonchev–Trinajstić information content (AvgIpc) is 2.26. The van der Waals surface area contributed by atoms with Crippen LogP contribution in [0.4, 0.5) is 0 Å². The van der Waals surface area contributed by atoms with E-state index in [1.165, 1.54) is 35.1 Å². The summed E-state index contributed by atoms with van der Waals surface area (Å²) in [5.41, 5.74) is 3.00. The zero-order valence-electron chi connectivity index (χ0n) is 10.0. The lowest BCUT2D eigenvalue weighted by molar-refractivity contribution is 0.225. The second kappa shape index (κ2) is 5.30. The Morgan fingerprint density at radius 1 is 1.31 bits per heavy atom. The Kier molecular flexibility index (Phi) is 4.00. The molecule has 0 radical (unpaired) electrons. The largest absolute Gasteiger partial charge is 0.308 e. The zero-order valence-corrected chi connectivity index (χ0v) is 11.6. The van der Waals surface area contributed by atoms with Crippen molar-refractivity contribution in [3.05, 3.63) is 33.8 Å². The van der Waals surface area contributed by atoms with Gasteiger partial charge in [-0.05, 0) is 43.8 Å². The summed E-state index contributed by atoms with van der Waals surface area (Å²) in [6.07, 6.45) is 1.18. The molecule has 2 rings (SSSR count). The van der Waals surface area contributed by atoms with Gasteiger partial charge in [0.1, 0.15) is 0 Å². The van der Waals surface area contributed by atoms with Crippen molar-refractivity contribution in [1.29, 1.82) is 0 Å². The first-order valence-corrected chi connectivity index (χ1v) is 6.59. The van der Waals surface area contributed by atoms with Gasteiger partial charge in [-0.2, -0.15) is 0 Å². The molecular formula is C13H19BrN2. The van der Waals surface area contributed by atoms with Crippen molar-refractivity contribution in [1.82, 2.24) is 9.80 Å². The van der Waals surface area contributed by atoms with Crippen LogP contribution in [-0.2, 0) is 13.0 Å². The van der Waals surface area contributed by atoms with Crippen LogP contribution in [0.15, 0.2) is 22.7 Å². The summed E-state index contributed by atoms with van der Waals surface area (Å²) in [6, 6.07) is 6.66. The summed E-state index contributed by atoms with van der Waals surface area (Å²) in [6.45, 7) is 4.61. The highest BCUT2D eigenvalue weighted by Gasteiger charge is 2.15. The monoisotopic (exact) mass is 282 g/mol.